The van der Waals surface area contributed by atoms with Gasteiger partial charge in [-0.2, -0.15) is 0 Å². The monoisotopic (exact) mass is 333 g/mol. The van der Waals surface area contributed by atoms with Gasteiger partial charge in [-0.3, -0.25) is 4.99 Å². The van der Waals surface area contributed by atoms with E-state index in [4.69, 9.17) is 10.8 Å². The summed E-state index contributed by atoms with van der Waals surface area (Å²) in [5.41, 5.74) is 6.26. The molecule has 0 heterocycles. The maximum absolute atomic E-state index is 12.1. The Bertz CT molecular complexity index is 484. The number of halogens is 3. The number of hydrogen-bond acceptors (Lipinski definition) is 3. The zero-order valence-electron chi connectivity index (χ0n) is 12.9. The van der Waals surface area contributed by atoms with Crippen molar-refractivity contribution >= 4 is 11.6 Å². The largest absolute Gasteiger partial charge is 0.573 e. The van der Waals surface area contributed by atoms with Crippen LogP contribution >= 0.6 is 0 Å². The maximum Gasteiger partial charge on any atom is 0.573 e. The molecule has 0 aliphatic carbocycles. The van der Waals surface area contributed by atoms with Crippen LogP contribution in [0.15, 0.2) is 29.3 Å². The first-order chi connectivity index (χ1) is 10.8. The molecule has 0 aliphatic heterocycles. The smallest absolute Gasteiger partial charge is 0.406 e. The number of benzene rings is 1. The van der Waals surface area contributed by atoms with Gasteiger partial charge < -0.3 is 20.9 Å². The standard InChI is InChI=1S/C15H22F3N3O2/c1-2-3-11(8-9-22)10-20-14(19)21-12-4-6-13(7-5-12)23-15(16,17)18/h4-7,11,22H,2-3,8-10H2,1H3,(H3,19,20,21). The van der Waals surface area contributed by atoms with E-state index in [0.29, 0.717) is 18.7 Å². The van der Waals surface area contributed by atoms with Crippen LogP contribution in [0.4, 0.5) is 18.9 Å². The summed E-state index contributed by atoms with van der Waals surface area (Å²) in [4.78, 5) is 4.20. The first-order valence-electron chi connectivity index (χ1n) is 7.37. The van der Waals surface area contributed by atoms with E-state index in [9.17, 15) is 13.2 Å². The molecule has 0 saturated heterocycles. The van der Waals surface area contributed by atoms with Crippen LogP contribution in [-0.2, 0) is 0 Å². The number of guanidine groups is 1. The van der Waals surface area contributed by atoms with Crippen molar-refractivity contribution in [3.8, 4) is 5.75 Å². The van der Waals surface area contributed by atoms with Crippen molar-refractivity contribution in [2.45, 2.75) is 32.5 Å². The van der Waals surface area contributed by atoms with Crippen molar-refractivity contribution in [3.63, 3.8) is 0 Å². The number of anilines is 1. The third-order valence-electron chi connectivity index (χ3n) is 3.11. The first kappa shape index (κ1) is 19.1. The SMILES string of the molecule is CCCC(CCO)CN=C(N)Nc1ccc(OC(F)(F)F)cc1. The van der Waals surface area contributed by atoms with Crippen LogP contribution in [0.2, 0.25) is 0 Å². The number of ether oxygens (including phenoxy) is 1. The molecule has 8 heteroatoms. The minimum Gasteiger partial charge on any atom is -0.406 e. The number of aliphatic imine (C=N–C) groups is 1. The molecule has 1 unspecified atom stereocenters. The van der Waals surface area contributed by atoms with Gasteiger partial charge in [-0.15, -0.1) is 13.2 Å². The summed E-state index contributed by atoms with van der Waals surface area (Å²) in [7, 11) is 0. The van der Waals surface area contributed by atoms with Crippen molar-refractivity contribution in [2.24, 2.45) is 16.6 Å². The van der Waals surface area contributed by atoms with E-state index >= 15 is 0 Å². The highest BCUT2D eigenvalue weighted by atomic mass is 19.4. The normalized spacial score (nSPS) is 13.7. The molecule has 0 radical (unpaired) electrons. The fourth-order valence-electron chi connectivity index (χ4n) is 2.07. The van der Waals surface area contributed by atoms with Crippen molar-refractivity contribution in [2.75, 3.05) is 18.5 Å². The molecule has 0 aliphatic rings. The first-order valence-corrected chi connectivity index (χ1v) is 7.37. The van der Waals surface area contributed by atoms with Crippen LogP contribution in [0.5, 0.6) is 5.75 Å². The molecule has 0 saturated carbocycles. The number of alkyl halides is 3. The lowest BCUT2D eigenvalue weighted by atomic mass is 10.0. The zero-order valence-corrected chi connectivity index (χ0v) is 12.9. The van der Waals surface area contributed by atoms with E-state index in [-0.39, 0.29) is 24.2 Å². The van der Waals surface area contributed by atoms with E-state index in [1.807, 2.05) is 0 Å². The van der Waals surface area contributed by atoms with Gasteiger partial charge in [0, 0.05) is 18.8 Å². The molecule has 1 atom stereocenters. The topological polar surface area (TPSA) is 79.9 Å². The summed E-state index contributed by atoms with van der Waals surface area (Å²) in [5, 5.41) is 11.8. The lowest BCUT2D eigenvalue weighted by Gasteiger charge is -2.13. The number of aliphatic hydroxyl groups is 1. The fourth-order valence-corrected chi connectivity index (χ4v) is 2.07. The summed E-state index contributed by atoms with van der Waals surface area (Å²) in [6.07, 6.45) is -2.11. The minimum absolute atomic E-state index is 0.105. The van der Waals surface area contributed by atoms with Gasteiger partial charge in [0.15, 0.2) is 5.96 Å². The third-order valence-corrected chi connectivity index (χ3v) is 3.11. The van der Waals surface area contributed by atoms with Crippen LogP contribution in [0, 0.1) is 5.92 Å². The van der Waals surface area contributed by atoms with E-state index < -0.39 is 6.36 Å². The molecule has 1 rings (SSSR count). The van der Waals surface area contributed by atoms with Crippen LogP contribution in [0.3, 0.4) is 0 Å². The Balaban J connectivity index is 2.55. The molecule has 5 nitrogen and oxygen atoms in total. The molecule has 0 spiro atoms. The summed E-state index contributed by atoms with van der Waals surface area (Å²) in [6, 6.07) is 5.21. The van der Waals surface area contributed by atoms with Gasteiger partial charge >= 0.3 is 6.36 Å². The molecular formula is C15H22F3N3O2. The summed E-state index contributed by atoms with van der Waals surface area (Å²) in [6.45, 7) is 2.65. The Morgan fingerprint density at radius 1 is 1.30 bits per heavy atom. The quantitative estimate of drug-likeness (QED) is 0.504. The Morgan fingerprint density at radius 2 is 1.96 bits per heavy atom. The van der Waals surface area contributed by atoms with Crippen molar-refractivity contribution in [1.29, 1.82) is 0 Å². The maximum atomic E-state index is 12.1. The van der Waals surface area contributed by atoms with E-state index in [0.717, 1.165) is 12.8 Å². The highest BCUT2D eigenvalue weighted by molar-refractivity contribution is 5.92. The molecular weight excluding hydrogens is 311 g/mol. The zero-order chi connectivity index (χ0) is 17.3. The number of aliphatic hydroxyl groups excluding tert-OH is 1. The molecule has 0 aromatic heterocycles. The molecule has 0 bridgehead atoms. The van der Waals surface area contributed by atoms with Gasteiger partial charge in [-0.1, -0.05) is 13.3 Å². The van der Waals surface area contributed by atoms with Crippen molar-refractivity contribution < 1.29 is 23.0 Å². The van der Waals surface area contributed by atoms with E-state index in [1.54, 1.807) is 0 Å². The molecule has 130 valence electrons. The van der Waals surface area contributed by atoms with Gasteiger partial charge in [0.2, 0.25) is 0 Å². The fraction of sp³-hybridized carbons (Fsp3) is 0.533. The average Bonchev–Trinajstić information content (AvgIpc) is 2.46. The third kappa shape index (κ3) is 8.29. The predicted molar refractivity (Wildman–Crippen MR) is 83.3 cm³/mol. The lowest BCUT2D eigenvalue weighted by Crippen LogP contribution is -2.24. The van der Waals surface area contributed by atoms with Crippen LogP contribution in [-0.4, -0.2) is 30.6 Å². The highest BCUT2D eigenvalue weighted by Crippen LogP contribution is 2.23. The molecule has 0 fully saturated rings. The summed E-state index contributed by atoms with van der Waals surface area (Å²) < 4.78 is 40.0. The summed E-state index contributed by atoms with van der Waals surface area (Å²) in [5.74, 6) is 0.131. The second kappa shape index (κ2) is 9.24. The van der Waals surface area contributed by atoms with Gasteiger partial charge in [-0.05, 0) is 43.0 Å². The second-order valence-corrected chi connectivity index (χ2v) is 5.09. The number of rotatable bonds is 8. The Morgan fingerprint density at radius 3 is 2.48 bits per heavy atom. The molecule has 0 amide bonds. The van der Waals surface area contributed by atoms with Gasteiger partial charge in [0.1, 0.15) is 5.75 Å². The van der Waals surface area contributed by atoms with Gasteiger partial charge in [0.25, 0.3) is 0 Å². The van der Waals surface area contributed by atoms with Crippen LogP contribution < -0.4 is 15.8 Å². The number of nitrogens with two attached hydrogens (primary N) is 1. The summed E-state index contributed by atoms with van der Waals surface area (Å²) >= 11 is 0. The van der Waals surface area contributed by atoms with Crippen LogP contribution in [0.25, 0.3) is 0 Å². The van der Waals surface area contributed by atoms with Crippen LogP contribution in [0.1, 0.15) is 26.2 Å². The molecule has 23 heavy (non-hydrogen) atoms. The van der Waals surface area contributed by atoms with E-state index in [2.05, 4.69) is 22.0 Å². The van der Waals surface area contributed by atoms with E-state index in [1.165, 1.54) is 24.3 Å². The Hall–Kier alpha value is -1.96. The Labute approximate surface area is 133 Å². The lowest BCUT2D eigenvalue weighted by molar-refractivity contribution is -0.274. The predicted octanol–water partition coefficient (Wildman–Crippen LogP) is 3.11. The molecule has 1 aromatic rings. The van der Waals surface area contributed by atoms with Crippen molar-refractivity contribution in [1.82, 2.24) is 0 Å². The number of nitrogens with one attached hydrogen (secondary N) is 1. The number of hydrogen-bond donors (Lipinski definition) is 3. The Kier molecular flexibility index (Phi) is 7.67. The number of nitrogens with zero attached hydrogens (tertiary/aromatic N) is 1. The highest BCUT2D eigenvalue weighted by Gasteiger charge is 2.30. The van der Waals surface area contributed by atoms with Crippen molar-refractivity contribution in [3.05, 3.63) is 24.3 Å². The van der Waals surface area contributed by atoms with Gasteiger partial charge in [-0.25, -0.2) is 0 Å². The average molecular weight is 333 g/mol. The van der Waals surface area contributed by atoms with Gasteiger partial charge in [0.05, 0.1) is 0 Å². The molecule has 4 N–H and O–H groups in total. The molecule has 1 aromatic carbocycles. The second-order valence-electron chi connectivity index (χ2n) is 5.09. The minimum atomic E-state index is -4.71.